The van der Waals surface area contributed by atoms with Crippen LogP contribution in [0.5, 0.6) is 0 Å². The van der Waals surface area contributed by atoms with Crippen LogP contribution >= 0.6 is 27.3 Å². The first-order valence-electron chi connectivity index (χ1n) is 5.05. The Hall–Kier alpha value is -0.620. The Balaban J connectivity index is 2.09. The second kappa shape index (κ2) is 4.71. The van der Waals surface area contributed by atoms with Crippen LogP contribution in [0.2, 0.25) is 0 Å². The zero-order valence-electron chi connectivity index (χ0n) is 9.14. The van der Waals surface area contributed by atoms with Gasteiger partial charge in [0.15, 0.2) is 5.13 Å². The van der Waals surface area contributed by atoms with Crippen molar-refractivity contribution < 1.29 is 9.53 Å². The van der Waals surface area contributed by atoms with E-state index >= 15 is 0 Å². The summed E-state index contributed by atoms with van der Waals surface area (Å²) in [7, 11) is 1.44. The van der Waals surface area contributed by atoms with Crippen LogP contribution in [-0.4, -0.2) is 31.2 Å². The Kier molecular flexibility index (Phi) is 3.49. The van der Waals surface area contributed by atoms with Gasteiger partial charge in [0.2, 0.25) is 0 Å². The fourth-order valence-corrected chi connectivity index (χ4v) is 3.24. The van der Waals surface area contributed by atoms with Crippen LogP contribution in [0.1, 0.15) is 6.92 Å². The number of ether oxygens (including phenoxy) is 1. The number of carbonyl (C=O) groups excluding carboxylic acids is 1. The molecule has 88 valence electrons. The number of anilines is 1. The average Bonchev–Trinajstić information content (AvgIpc) is 2.83. The fourth-order valence-electron chi connectivity index (χ4n) is 1.97. The maximum atomic E-state index is 11.5. The molecule has 0 spiro atoms. The third-order valence-electron chi connectivity index (χ3n) is 2.85. The summed E-state index contributed by atoms with van der Waals surface area (Å²) in [4.78, 5) is 18.0. The summed E-state index contributed by atoms with van der Waals surface area (Å²) in [6.45, 7) is 3.64. The van der Waals surface area contributed by atoms with Crippen LogP contribution in [-0.2, 0) is 9.53 Å². The number of carbonyl (C=O) groups is 1. The van der Waals surface area contributed by atoms with Gasteiger partial charge in [-0.2, -0.15) is 0 Å². The largest absolute Gasteiger partial charge is 0.469 e. The molecule has 2 rings (SSSR count). The molecule has 1 aromatic heterocycles. The predicted molar refractivity (Wildman–Crippen MR) is 66.7 cm³/mol. The van der Waals surface area contributed by atoms with Crippen molar-refractivity contribution in [2.45, 2.75) is 6.92 Å². The van der Waals surface area contributed by atoms with Gasteiger partial charge >= 0.3 is 5.97 Å². The lowest BCUT2D eigenvalue weighted by atomic mass is 9.99. The number of nitrogens with zero attached hydrogens (tertiary/aromatic N) is 2. The minimum Gasteiger partial charge on any atom is -0.469 e. The van der Waals surface area contributed by atoms with Gasteiger partial charge < -0.3 is 9.64 Å². The highest BCUT2D eigenvalue weighted by Gasteiger charge is 2.36. The molecule has 1 aromatic rings. The second-order valence-electron chi connectivity index (χ2n) is 3.96. The van der Waals surface area contributed by atoms with E-state index in [-0.39, 0.29) is 11.9 Å². The number of hydrogen-bond acceptors (Lipinski definition) is 5. The monoisotopic (exact) mass is 304 g/mol. The molecule has 1 aliphatic heterocycles. The van der Waals surface area contributed by atoms with Crippen molar-refractivity contribution in [3.8, 4) is 0 Å². The van der Waals surface area contributed by atoms with Gasteiger partial charge in [-0.3, -0.25) is 4.79 Å². The topological polar surface area (TPSA) is 42.4 Å². The number of aromatic nitrogens is 1. The Bertz CT molecular complexity index is 396. The zero-order chi connectivity index (χ0) is 11.7. The molecule has 2 unspecified atom stereocenters. The molecule has 2 atom stereocenters. The molecule has 2 heterocycles. The predicted octanol–water partition coefficient (Wildman–Crippen LogP) is 2.15. The summed E-state index contributed by atoms with van der Waals surface area (Å²) in [6, 6.07) is 0. The van der Waals surface area contributed by atoms with Crippen molar-refractivity contribution in [3.63, 3.8) is 0 Å². The van der Waals surface area contributed by atoms with Crippen molar-refractivity contribution in [1.29, 1.82) is 0 Å². The molecule has 0 radical (unpaired) electrons. The van der Waals surface area contributed by atoms with E-state index < -0.39 is 0 Å². The van der Waals surface area contributed by atoms with Crippen molar-refractivity contribution in [2.75, 3.05) is 25.1 Å². The van der Waals surface area contributed by atoms with Crippen LogP contribution in [0.25, 0.3) is 0 Å². The van der Waals surface area contributed by atoms with Crippen LogP contribution < -0.4 is 4.90 Å². The summed E-state index contributed by atoms with van der Waals surface area (Å²) in [5.41, 5.74) is 0. The van der Waals surface area contributed by atoms with Crippen molar-refractivity contribution in [2.24, 2.45) is 11.8 Å². The first-order valence-corrected chi connectivity index (χ1v) is 6.73. The molecule has 0 aliphatic carbocycles. The van der Waals surface area contributed by atoms with E-state index in [0.717, 1.165) is 16.3 Å². The van der Waals surface area contributed by atoms with Crippen LogP contribution in [0, 0.1) is 11.8 Å². The van der Waals surface area contributed by atoms with Crippen molar-refractivity contribution in [3.05, 3.63) is 9.98 Å². The minimum atomic E-state index is -0.120. The molecule has 4 nitrogen and oxygen atoms in total. The average molecular weight is 305 g/mol. The highest BCUT2D eigenvalue weighted by atomic mass is 79.9. The van der Waals surface area contributed by atoms with Crippen LogP contribution in [0.3, 0.4) is 0 Å². The number of rotatable bonds is 2. The van der Waals surface area contributed by atoms with Crippen LogP contribution in [0.4, 0.5) is 5.13 Å². The third kappa shape index (κ3) is 2.22. The standard InChI is InChI=1S/C10H13BrN2O2S/c1-6-3-13(4-7(6)9(14)15-2)10-12-8(11)5-16-10/h5-7H,3-4H2,1-2H3. The molecule has 0 bridgehead atoms. The summed E-state index contributed by atoms with van der Waals surface area (Å²) >= 11 is 4.92. The van der Waals surface area contributed by atoms with E-state index in [1.807, 2.05) is 5.38 Å². The number of esters is 1. The van der Waals surface area contributed by atoms with Gasteiger partial charge in [-0.1, -0.05) is 6.92 Å². The first-order chi connectivity index (χ1) is 7.61. The summed E-state index contributed by atoms with van der Waals surface area (Å²) in [5.74, 6) is 0.161. The first kappa shape index (κ1) is 11.9. The van der Waals surface area contributed by atoms with Gasteiger partial charge in [0, 0.05) is 18.5 Å². The molecule has 1 fully saturated rings. The van der Waals surface area contributed by atoms with Gasteiger partial charge in [-0.25, -0.2) is 4.98 Å². The smallest absolute Gasteiger partial charge is 0.310 e. The van der Waals surface area contributed by atoms with E-state index in [1.54, 1.807) is 11.3 Å². The molecule has 0 saturated carbocycles. The Morgan fingerprint density at radius 3 is 3.00 bits per heavy atom. The highest BCUT2D eigenvalue weighted by Crippen LogP contribution is 2.31. The lowest BCUT2D eigenvalue weighted by Gasteiger charge is -2.13. The summed E-state index contributed by atoms with van der Waals surface area (Å²) in [6.07, 6.45) is 0. The molecule has 1 aliphatic rings. The molecule has 16 heavy (non-hydrogen) atoms. The molecule has 0 amide bonds. The summed E-state index contributed by atoms with van der Waals surface area (Å²) in [5, 5.41) is 2.91. The Labute approximate surface area is 107 Å². The van der Waals surface area contributed by atoms with Gasteiger partial charge in [-0.15, -0.1) is 11.3 Å². The minimum absolute atomic E-state index is 0.0346. The Morgan fingerprint density at radius 1 is 1.69 bits per heavy atom. The van der Waals surface area contributed by atoms with E-state index in [2.05, 4.69) is 32.7 Å². The van der Waals surface area contributed by atoms with E-state index in [4.69, 9.17) is 4.74 Å². The maximum Gasteiger partial charge on any atom is 0.310 e. The normalized spacial score (nSPS) is 24.8. The van der Waals surface area contributed by atoms with E-state index in [9.17, 15) is 4.79 Å². The highest BCUT2D eigenvalue weighted by molar-refractivity contribution is 9.10. The second-order valence-corrected chi connectivity index (χ2v) is 5.61. The van der Waals surface area contributed by atoms with Gasteiger partial charge in [0.25, 0.3) is 0 Å². The number of hydrogen-bond donors (Lipinski definition) is 0. The quantitative estimate of drug-likeness (QED) is 0.785. The lowest BCUT2D eigenvalue weighted by Crippen LogP contribution is -2.24. The van der Waals surface area contributed by atoms with Gasteiger partial charge in [-0.05, 0) is 21.8 Å². The SMILES string of the molecule is COC(=O)C1CN(c2nc(Br)cs2)CC1C. The van der Waals surface area contributed by atoms with E-state index in [1.165, 1.54) is 7.11 Å². The molecule has 6 heteroatoms. The van der Waals surface area contributed by atoms with Gasteiger partial charge in [0.1, 0.15) is 4.60 Å². The molecule has 0 N–H and O–H groups in total. The van der Waals surface area contributed by atoms with Crippen molar-refractivity contribution in [1.82, 2.24) is 4.98 Å². The number of halogens is 1. The fraction of sp³-hybridized carbons (Fsp3) is 0.600. The van der Waals surface area contributed by atoms with E-state index in [0.29, 0.717) is 12.5 Å². The van der Waals surface area contributed by atoms with Gasteiger partial charge in [0.05, 0.1) is 13.0 Å². The summed E-state index contributed by atoms with van der Waals surface area (Å²) < 4.78 is 5.65. The zero-order valence-corrected chi connectivity index (χ0v) is 11.5. The van der Waals surface area contributed by atoms with Crippen molar-refractivity contribution >= 4 is 38.4 Å². The molecular formula is C10H13BrN2O2S. The molecular weight excluding hydrogens is 292 g/mol. The number of methoxy groups -OCH3 is 1. The number of thiazole rings is 1. The third-order valence-corrected chi connectivity index (χ3v) is 4.46. The Morgan fingerprint density at radius 2 is 2.44 bits per heavy atom. The van der Waals surface area contributed by atoms with Crippen LogP contribution in [0.15, 0.2) is 9.98 Å². The molecule has 0 aromatic carbocycles. The molecule has 1 saturated heterocycles. The maximum absolute atomic E-state index is 11.5. The lowest BCUT2D eigenvalue weighted by molar-refractivity contribution is -0.145.